The molecule has 0 saturated heterocycles. The van der Waals surface area contributed by atoms with Crippen LogP contribution in [0.4, 0.5) is 0 Å². The second-order valence-corrected chi connectivity index (χ2v) is 3.12. The van der Waals surface area contributed by atoms with Gasteiger partial charge in [-0.25, -0.2) is 4.79 Å². The molecule has 0 heterocycles. The molecule has 0 amide bonds. The van der Waals surface area contributed by atoms with Crippen molar-refractivity contribution in [3.8, 4) is 17.6 Å². The Labute approximate surface area is 98.5 Å². The van der Waals surface area contributed by atoms with Gasteiger partial charge in [-0.15, -0.1) is 0 Å². The van der Waals surface area contributed by atoms with E-state index in [4.69, 9.17) is 19.8 Å². The van der Waals surface area contributed by atoms with E-state index < -0.39 is 5.97 Å². The Hall–Kier alpha value is -2.48. The summed E-state index contributed by atoms with van der Waals surface area (Å²) in [6, 6.07) is 6.49. The Morgan fingerprint density at radius 1 is 1.29 bits per heavy atom. The fourth-order valence-electron chi connectivity index (χ4n) is 1.22. The Morgan fingerprint density at radius 2 is 1.82 bits per heavy atom. The molecule has 0 radical (unpaired) electrons. The lowest BCUT2D eigenvalue weighted by Crippen LogP contribution is -1.97. The van der Waals surface area contributed by atoms with Gasteiger partial charge in [0, 0.05) is 6.07 Å². The number of hydrogen-bond acceptors (Lipinski definition) is 4. The molecule has 0 aliphatic rings. The number of carboxylic acid groups (broad SMARTS) is 1. The lowest BCUT2D eigenvalue weighted by Gasteiger charge is -2.05. The third-order valence-corrected chi connectivity index (χ3v) is 2.04. The van der Waals surface area contributed by atoms with E-state index in [0.29, 0.717) is 17.1 Å². The molecule has 17 heavy (non-hydrogen) atoms. The quantitative estimate of drug-likeness (QED) is 0.632. The fourth-order valence-corrected chi connectivity index (χ4v) is 1.22. The monoisotopic (exact) mass is 233 g/mol. The van der Waals surface area contributed by atoms with Crippen LogP contribution in [0.3, 0.4) is 0 Å². The lowest BCUT2D eigenvalue weighted by atomic mass is 10.1. The van der Waals surface area contributed by atoms with Crippen LogP contribution in [-0.2, 0) is 4.79 Å². The van der Waals surface area contributed by atoms with Crippen molar-refractivity contribution in [3.05, 3.63) is 29.3 Å². The summed E-state index contributed by atoms with van der Waals surface area (Å²) in [6.07, 6.45) is 1.26. The first kappa shape index (κ1) is 12.6. The average Bonchev–Trinajstić information content (AvgIpc) is 2.34. The summed E-state index contributed by atoms with van der Waals surface area (Å²) in [7, 11) is 2.98. The summed E-state index contributed by atoms with van der Waals surface area (Å²) in [5, 5.41) is 17.4. The van der Waals surface area contributed by atoms with Gasteiger partial charge < -0.3 is 14.6 Å². The highest BCUT2D eigenvalue weighted by Crippen LogP contribution is 2.23. The van der Waals surface area contributed by atoms with Crippen molar-refractivity contribution in [2.75, 3.05) is 14.2 Å². The molecule has 1 aromatic rings. The van der Waals surface area contributed by atoms with Crippen molar-refractivity contribution in [2.45, 2.75) is 0 Å². The maximum Gasteiger partial charge on any atom is 0.346 e. The standard InChI is InChI=1S/C12H11NO4/c1-16-10-4-8(5-11(6-10)17-2)3-9(7-13)12(14)15/h3-6H,1-2H3,(H,14,15)/b9-3+. The molecule has 0 aliphatic heterocycles. The second-order valence-electron chi connectivity index (χ2n) is 3.12. The molecule has 5 heteroatoms. The molecule has 0 unspecified atom stereocenters. The minimum Gasteiger partial charge on any atom is -0.497 e. The third-order valence-electron chi connectivity index (χ3n) is 2.04. The Balaban J connectivity index is 3.22. The van der Waals surface area contributed by atoms with E-state index in [-0.39, 0.29) is 5.57 Å². The minimum absolute atomic E-state index is 0.347. The first-order chi connectivity index (χ1) is 8.10. The molecule has 0 saturated carbocycles. The number of nitriles is 1. The molecule has 0 aliphatic carbocycles. The summed E-state index contributed by atoms with van der Waals surface area (Å²) in [4.78, 5) is 10.7. The van der Waals surface area contributed by atoms with E-state index in [9.17, 15) is 4.79 Å². The van der Waals surface area contributed by atoms with Crippen molar-refractivity contribution < 1.29 is 19.4 Å². The SMILES string of the molecule is COc1cc(/C=C(\C#N)C(=O)O)cc(OC)c1. The van der Waals surface area contributed by atoms with Crippen LogP contribution >= 0.6 is 0 Å². The minimum atomic E-state index is -1.27. The molecule has 0 aromatic heterocycles. The van der Waals surface area contributed by atoms with Crippen LogP contribution in [0.25, 0.3) is 6.08 Å². The summed E-state index contributed by atoms with van der Waals surface area (Å²) in [6.45, 7) is 0. The van der Waals surface area contributed by atoms with E-state index in [1.165, 1.54) is 20.3 Å². The highest BCUT2D eigenvalue weighted by atomic mass is 16.5. The summed E-state index contributed by atoms with van der Waals surface area (Å²) in [5.74, 6) is -0.217. The maximum atomic E-state index is 10.7. The number of carbonyl (C=O) groups is 1. The van der Waals surface area contributed by atoms with Crippen molar-refractivity contribution in [2.24, 2.45) is 0 Å². The summed E-state index contributed by atoms with van der Waals surface area (Å²) in [5.41, 5.74) is 0.181. The van der Waals surface area contributed by atoms with Gasteiger partial charge in [0.15, 0.2) is 0 Å². The predicted octanol–water partition coefficient (Wildman–Crippen LogP) is 1.70. The number of carboxylic acids is 1. The zero-order valence-corrected chi connectivity index (χ0v) is 9.43. The maximum absolute atomic E-state index is 10.7. The number of benzene rings is 1. The molecule has 1 aromatic carbocycles. The van der Waals surface area contributed by atoms with Crippen LogP contribution in [0.5, 0.6) is 11.5 Å². The Kier molecular flexibility index (Phi) is 4.12. The molecule has 0 spiro atoms. The van der Waals surface area contributed by atoms with Crippen LogP contribution in [0.2, 0.25) is 0 Å². The lowest BCUT2D eigenvalue weighted by molar-refractivity contribution is -0.132. The second kappa shape index (κ2) is 5.56. The van der Waals surface area contributed by atoms with Crippen LogP contribution in [0.1, 0.15) is 5.56 Å². The average molecular weight is 233 g/mol. The van der Waals surface area contributed by atoms with Gasteiger partial charge in [0.25, 0.3) is 0 Å². The van der Waals surface area contributed by atoms with Crippen LogP contribution in [-0.4, -0.2) is 25.3 Å². The normalized spacial score (nSPS) is 10.5. The Morgan fingerprint density at radius 3 is 2.18 bits per heavy atom. The Bertz CT molecular complexity index is 477. The number of methoxy groups -OCH3 is 2. The van der Waals surface area contributed by atoms with E-state index in [0.717, 1.165) is 0 Å². The number of aliphatic carboxylic acids is 1. The first-order valence-electron chi connectivity index (χ1n) is 4.69. The van der Waals surface area contributed by atoms with Gasteiger partial charge in [-0.05, 0) is 23.8 Å². The summed E-state index contributed by atoms with van der Waals surface area (Å²) >= 11 is 0. The predicted molar refractivity (Wildman–Crippen MR) is 60.8 cm³/mol. The zero-order chi connectivity index (χ0) is 12.8. The number of ether oxygens (including phenoxy) is 2. The number of rotatable bonds is 4. The van der Waals surface area contributed by atoms with Gasteiger partial charge in [0.1, 0.15) is 23.1 Å². The first-order valence-corrected chi connectivity index (χ1v) is 4.69. The van der Waals surface area contributed by atoms with E-state index in [2.05, 4.69) is 0 Å². The summed E-state index contributed by atoms with van der Waals surface area (Å²) < 4.78 is 10.1. The fraction of sp³-hybridized carbons (Fsp3) is 0.167. The van der Waals surface area contributed by atoms with E-state index in [1.54, 1.807) is 24.3 Å². The molecular formula is C12H11NO4. The van der Waals surface area contributed by atoms with Gasteiger partial charge in [0.2, 0.25) is 0 Å². The van der Waals surface area contributed by atoms with Crippen LogP contribution in [0.15, 0.2) is 23.8 Å². The topological polar surface area (TPSA) is 79.5 Å². The van der Waals surface area contributed by atoms with Gasteiger partial charge in [-0.2, -0.15) is 5.26 Å². The largest absolute Gasteiger partial charge is 0.497 e. The van der Waals surface area contributed by atoms with E-state index >= 15 is 0 Å². The van der Waals surface area contributed by atoms with Crippen LogP contribution < -0.4 is 9.47 Å². The molecule has 0 atom stereocenters. The molecule has 5 nitrogen and oxygen atoms in total. The molecule has 0 bridgehead atoms. The van der Waals surface area contributed by atoms with E-state index in [1.807, 2.05) is 0 Å². The van der Waals surface area contributed by atoms with Gasteiger partial charge in [-0.3, -0.25) is 0 Å². The van der Waals surface area contributed by atoms with Crippen molar-refractivity contribution in [1.82, 2.24) is 0 Å². The molecular weight excluding hydrogens is 222 g/mol. The third kappa shape index (κ3) is 3.24. The van der Waals surface area contributed by atoms with Crippen LogP contribution in [0, 0.1) is 11.3 Å². The molecule has 1 N–H and O–H groups in total. The van der Waals surface area contributed by atoms with Gasteiger partial charge >= 0.3 is 5.97 Å². The smallest absolute Gasteiger partial charge is 0.346 e. The van der Waals surface area contributed by atoms with Gasteiger partial charge in [0.05, 0.1) is 14.2 Å². The zero-order valence-electron chi connectivity index (χ0n) is 9.43. The van der Waals surface area contributed by atoms with Gasteiger partial charge in [-0.1, -0.05) is 0 Å². The number of nitrogens with zero attached hydrogens (tertiary/aromatic N) is 1. The molecule has 1 rings (SSSR count). The van der Waals surface area contributed by atoms with Crippen molar-refractivity contribution >= 4 is 12.0 Å². The number of hydrogen-bond donors (Lipinski definition) is 1. The highest BCUT2D eigenvalue weighted by molar-refractivity contribution is 5.96. The van der Waals surface area contributed by atoms with Crippen molar-refractivity contribution in [1.29, 1.82) is 5.26 Å². The molecule has 0 fully saturated rings. The highest BCUT2D eigenvalue weighted by Gasteiger charge is 2.07. The molecule has 88 valence electrons. The van der Waals surface area contributed by atoms with Crippen molar-refractivity contribution in [3.63, 3.8) is 0 Å².